The van der Waals surface area contributed by atoms with Gasteiger partial charge in [0, 0.05) is 0 Å². The van der Waals surface area contributed by atoms with Crippen LogP contribution in [0.25, 0.3) is 0 Å². The van der Waals surface area contributed by atoms with Gasteiger partial charge in [0.15, 0.2) is 0 Å². The van der Waals surface area contributed by atoms with Gasteiger partial charge < -0.3 is 21.6 Å². The van der Waals surface area contributed by atoms with E-state index in [9.17, 15) is 0 Å². The van der Waals surface area contributed by atoms with Crippen LogP contribution in [-0.2, 0) is 0 Å². The Hall–Kier alpha value is 1.27. The molecule has 0 radical (unpaired) electrons. The molecule has 0 aromatic heterocycles. The SMILES string of the molecule is O.OP(O)O.[H-].[Na+]. The van der Waals surface area contributed by atoms with Crippen LogP contribution >= 0.6 is 8.60 Å². The molecule has 0 aromatic carbocycles. The van der Waals surface area contributed by atoms with Crippen molar-refractivity contribution in [2.75, 3.05) is 0 Å². The summed E-state index contributed by atoms with van der Waals surface area (Å²) in [6.45, 7) is 0. The van der Waals surface area contributed by atoms with Crippen LogP contribution in [0.4, 0.5) is 0 Å². The van der Waals surface area contributed by atoms with Crippen molar-refractivity contribution < 1.29 is 51.1 Å². The van der Waals surface area contributed by atoms with E-state index in [1.54, 1.807) is 0 Å². The topological polar surface area (TPSA) is 92.2 Å². The van der Waals surface area contributed by atoms with Crippen LogP contribution in [0.1, 0.15) is 1.43 Å². The molecule has 0 aliphatic heterocycles. The molecule has 6 heteroatoms. The van der Waals surface area contributed by atoms with Gasteiger partial charge in [0.05, 0.1) is 0 Å². The molecule has 5 N–H and O–H groups in total. The van der Waals surface area contributed by atoms with Crippen LogP contribution in [0.3, 0.4) is 0 Å². The smallest absolute Gasteiger partial charge is 1.00 e. The molecule has 6 heavy (non-hydrogen) atoms. The van der Waals surface area contributed by atoms with Gasteiger partial charge in [0.2, 0.25) is 0 Å². The second-order valence-corrected chi connectivity index (χ2v) is 0.805. The third kappa shape index (κ3) is 59.6. The van der Waals surface area contributed by atoms with E-state index in [2.05, 4.69) is 0 Å². The van der Waals surface area contributed by atoms with Gasteiger partial charge >= 0.3 is 38.2 Å². The van der Waals surface area contributed by atoms with Crippen LogP contribution in [0.2, 0.25) is 0 Å². The molecular weight excluding hydrogens is 118 g/mol. The monoisotopic (exact) mass is 124 g/mol. The molecule has 36 valence electrons. The number of hydrogen-bond donors (Lipinski definition) is 3. The van der Waals surface area contributed by atoms with E-state index in [-0.39, 0.29) is 36.5 Å². The molecule has 0 atom stereocenters. The second-order valence-electron chi connectivity index (χ2n) is 0.268. The molecule has 0 fully saturated rings. The Morgan fingerprint density at radius 1 is 1.17 bits per heavy atom. The van der Waals surface area contributed by atoms with Crippen molar-refractivity contribution in [3.8, 4) is 0 Å². The third-order valence-electron chi connectivity index (χ3n) is 0. The zero-order valence-corrected chi connectivity index (χ0v) is 6.18. The first kappa shape index (κ1) is 15.7. The fraction of sp³-hybridized carbons (Fsp3) is 0. The molecule has 0 bridgehead atoms. The predicted molar refractivity (Wildman–Crippen MR) is 18.3 cm³/mol. The van der Waals surface area contributed by atoms with E-state index in [0.29, 0.717) is 0 Å². The van der Waals surface area contributed by atoms with Crippen molar-refractivity contribution in [3.05, 3.63) is 0 Å². The van der Waals surface area contributed by atoms with Gasteiger partial charge in [0.25, 0.3) is 0 Å². The average Bonchev–Trinajstić information content (AvgIpc) is 0.811. The third-order valence-corrected chi connectivity index (χ3v) is 0. The zero-order chi connectivity index (χ0) is 3.58. The van der Waals surface area contributed by atoms with Crippen LogP contribution in [0.15, 0.2) is 0 Å². The van der Waals surface area contributed by atoms with Crippen molar-refractivity contribution in [3.63, 3.8) is 0 Å². The summed E-state index contributed by atoms with van der Waals surface area (Å²) >= 11 is 0. The largest absolute Gasteiger partial charge is 1.00 e. The quantitative estimate of drug-likeness (QED) is 0.224. The summed E-state index contributed by atoms with van der Waals surface area (Å²) in [5.41, 5.74) is 0. The summed E-state index contributed by atoms with van der Waals surface area (Å²) in [6, 6.07) is 0. The Labute approximate surface area is 59.9 Å². The van der Waals surface area contributed by atoms with E-state index >= 15 is 0 Å². The van der Waals surface area contributed by atoms with Gasteiger partial charge in [-0.05, 0) is 0 Å². The second kappa shape index (κ2) is 9.55. The maximum absolute atomic E-state index is 7.23. The van der Waals surface area contributed by atoms with E-state index < -0.39 is 8.60 Å². The van der Waals surface area contributed by atoms with Gasteiger partial charge in [-0.3, -0.25) is 0 Å². The number of rotatable bonds is 0. The first-order valence-corrected chi connectivity index (χ1v) is 1.80. The fourth-order valence-corrected chi connectivity index (χ4v) is 0. The average molecular weight is 124 g/mol. The Morgan fingerprint density at radius 3 is 1.17 bits per heavy atom. The molecule has 0 heterocycles. The van der Waals surface area contributed by atoms with Crippen LogP contribution in [0.5, 0.6) is 0 Å². The molecule has 4 nitrogen and oxygen atoms in total. The summed E-state index contributed by atoms with van der Waals surface area (Å²) in [6.07, 6.45) is 0. The normalized spacial score (nSPS) is 6.00. The standard InChI is InChI=1S/Na.H3O3P.H2O.H/c;1-4(2)3;;/h;1-3H;1H2;/q+1;;;-1. The molecule has 0 spiro atoms. The summed E-state index contributed by atoms with van der Waals surface area (Å²) in [7, 11) is -2.62. The van der Waals surface area contributed by atoms with Gasteiger partial charge in [0.1, 0.15) is 0 Å². The first-order chi connectivity index (χ1) is 1.73. The Morgan fingerprint density at radius 2 is 1.17 bits per heavy atom. The summed E-state index contributed by atoms with van der Waals surface area (Å²) in [4.78, 5) is 21.7. The Balaban J connectivity index is -0.0000000150. The van der Waals surface area contributed by atoms with Crippen molar-refractivity contribution in [2.45, 2.75) is 0 Å². The van der Waals surface area contributed by atoms with E-state index in [0.717, 1.165) is 0 Å². The molecule has 0 aliphatic carbocycles. The Kier molecular flexibility index (Phi) is 25.0. The van der Waals surface area contributed by atoms with Crippen molar-refractivity contribution in [1.82, 2.24) is 0 Å². The number of hydrogen-bond acceptors (Lipinski definition) is 3. The van der Waals surface area contributed by atoms with E-state index in [4.69, 9.17) is 14.7 Å². The molecule has 0 unspecified atom stereocenters. The minimum Gasteiger partial charge on any atom is -1.00 e. The van der Waals surface area contributed by atoms with Crippen molar-refractivity contribution >= 4 is 8.60 Å². The van der Waals surface area contributed by atoms with Crippen LogP contribution in [-0.4, -0.2) is 20.2 Å². The summed E-state index contributed by atoms with van der Waals surface area (Å²) < 4.78 is 0. The van der Waals surface area contributed by atoms with Crippen molar-refractivity contribution in [2.24, 2.45) is 0 Å². The van der Waals surface area contributed by atoms with Gasteiger partial charge in [-0.1, -0.05) is 0 Å². The maximum atomic E-state index is 7.23. The molecule has 0 saturated carbocycles. The molecule has 0 saturated heterocycles. The molecule has 0 aliphatic rings. The minimum absolute atomic E-state index is 0. The molecular formula is H6NaO4P. The molecule has 0 aromatic rings. The minimum atomic E-state index is -2.62. The predicted octanol–water partition coefficient (Wildman–Crippen LogP) is -4.52. The molecule has 0 amide bonds. The Bertz CT molecular complexity index is 16.4. The van der Waals surface area contributed by atoms with Crippen LogP contribution in [0, 0.1) is 0 Å². The van der Waals surface area contributed by atoms with Gasteiger partial charge in [-0.2, -0.15) is 0 Å². The van der Waals surface area contributed by atoms with Crippen LogP contribution < -0.4 is 29.6 Å². The maximum Gasteiger partial charge on any atom is 1.00 e. The van der Waals surface area contributed by atoms with E-state index in [1.165, 1.54) is 0 Å². The first-order valence-electron chi connectivity index (χ1n) is 0.600. The zero-order valence-electron chi connectivity index (χ0n) is 4.29. The van der Waals surface area contributed by atoms with Crippen molar-refractivity contribution in [1.29, 1.82) is 0 Å². The summed E-state index contributed by atoms with van der Waals surface area (Å²) in [5, 5.41) is 0. The van der Waals surface area contributed by atoms with Gasteiger partial charge in [-0.15, -0.1) is 0 Å². The molecule has 0 rings (SSSR count). The fourth-order valence-electron chi connectivity index (χ4n) is 0. The van der Waals surface area contributed by atoms with E-state index in [1.807, 2.05) is 0 Å². The van der Waals surface area contributed by atoms with Gasteiger partial charge in [-0.25, -0.2) is 0 Å². The summed E-state index contributed by atoms with van der Waals surface area (Å²) in [5.74, 6) is 0.